The van der Waals surface area contributed by atoms with E-state index in [2.05, 4.69) is 10.3 Å². The third kappa shape index (κ3) is 3.83. The Bertz CT molecular complexity index is 831. The Balaban J connectivity index is 1.81. The minimum absolute atomic E-state index is 0.422. The van der Waals surface area contributed by atoms with Gasteiger partial charge in [0.1, 0.15) is 0 Å². The Kier molecular flexibility index (Phi) is 5.27. The second-order valence-electron chi connectivity index (χ2n) is 5.67. The maximum absolute atomic E-state index is 12.5. The number of para-hydroxylation sites is 2. The molecule has 3 aromatic rings. The molecule has 5 nitrogen and oxygen atoms in total. The first-order chi connectivity index (χ1) is 11.6. The highest BCUT2D eigenvalue weighted by atomic mass is 32.2. The summed E-state index contributed by atoms with van der Waals surface area (Å²) in [6.07, 6.45) is -0.461. The molecule has 0 aliphatic carbocycles. The van der Waals surface area contributed by atoms with E-state index >= 15 is 0 Å². The zero-order valence-electron chi connectivity index (χ0n) is 13.6. The molecule has 0 saturated heterocycles. The van der Waals surface area contributed by atoms with Crippen LogP contribution in [0.2, 0.25) is 0 Å². The number of hydrogen-bond donors (Lipinski definition) is 2. The molecule has 2 atom stereocenters. The van der Waals surface area contributed by atoms with E-state index in [9.17, 15) is 9.32 Å². The van der Waals surface area contributed by atoms with Gasteiger partial charge in [-0.15, -0.1) is 0 Å². The summed E-state index contributed by atoms with van der Waals surface area (Å²) in [5.74, 6) is 1.20. The highest BCUT2D eigenvalue weighted by Crippen LogP contribution is 2.20. The average Bonchev–Trinajstić information content (AvgIpc) is 2.96. The Morgan fingerprint density at radius 3 is 2.62 bits per heavy atom. The van der Waals surface area contributed by atoms with Crippen molar-refractivity contribution in [2.45, 2.75) is 24.5 Å². The lowest BCUT2D eigenvalue weighted by atomic mass is 10.3. The fraction of sp³-hybridized carbons (Fsp3) is 0.278. The zero-order valence-corrected chi connectivity index (χ0v) is 14.4. The lowest BCUT2D eigenvalue weighted by Crippen LogP contribution is -2.19. The fourth-order valence-electron chi connectivity index (χ4n) is 2.54. The second kappa shape index (κ2) is 7.59. The first kappa shape index (κ1) is 16.7. The normalized spacial score (nSPS) is 13.8. The van der Waals surface area contributed by atoms with E-state index in [1.807, 2.05) is 59.2 Å². The highest BCUT2D eigenvalue weighted by molar-refractivity contribution is 7.85. The molecule has 0 fully saturated rings. The molecule has 0 aliphatic rings. The summed E-state index contributed by atoms with van der Waals surface area (Å²) in [7, 11) is -1.06. The van der Waals surface area contributed by atoms with Gasteiger partial charge >= 0.3 is 0 Å². The van der Waals surface area contributed by atoms with E-state index in [0.717, 1.165) is 15.9 Å². The summed E-state index contributed by atoms with van der Waals surface area (Å²) < 4.78 is 14.5. The number of nitrogens with one attached hydrogen (secondary N) is 1. The van der Waals surface area contributed by atoms with Gasteiger partial charge in [-0.05, 0) is 31.2 Å². The van der Waals surface area contributed by atoms with Gasteiger partial charge in [-0.1, -0.05) is 30.3 Å². The molecule has 3 rings (SSSR count). The number of aromatic nitrogens is 2. The van der Waals surface area contributed by atoms with Crippen molar-refractivity contribution < 1.29 is 9.32 Å². The van der Waals surface area contributed by atoms with E-state index in [1.54, 1.807) is 6.92 Å². The van der Waals surface area contributed by atoms with Crippen LogP contribution in [0.4, 0.5) is 5.95 Å². The molecule has 0 saturated carbocycles. The maximum atomic E-state index is 12.5. The molecule has 0 aliphatic heterocycles. The molecular weight excluding hydrogens is 322 g/mol. The van der Waals surface area contributed by atoms with Gasteiger partial charge in [0, 0.05) is 23.7 Å². The number of aryl methyl sites for hydroxylation is 1. The lowest BCUT2D eigenvalue weighted by molar-refractivity contribution is 0.208. The SMILES string of the molecule is CC(O)CNc1nc2ccccc2n1CCS(=O)c1ccccc1. The molecular formula is C18H21N3O2S. The van der Waals surface area contributed by atoms with Gasteiger partial charge in [0.05, 0.1) is 27.9 Å². The third-order valence-corrected chi connectivity index (χ3v) is 5.07. The predicted octanol–water partition coefficient (Wildman–Crippen LogP) is 2.64. The van der Waals surface area contributed by atoms with Crippen molar-refractivity contribution in [1.82, 2.24) is 9.55 Å². The molecule has 6 heteroatoms. The Morgan fingerprint density at radius 1 is 1.17 bits per heavy atom. The Labute approximate surface area is 143 Å². The number of nitrogens with zero attached hydrogens (tertiary/aromatic N) is 2. The van der Waals surface area contributed by atoms with Crippen molar-refractivity contribution in [2.75, 3.05) is 17.6 Å². The number of anilines is 1. The van der Waals surface area contributed by atoms with Crippen LogP contribution < -0.4 is 5.32 Å². The van der Waals surface area contributed by atoms with Crippen molar-refractivity contribution in [1.29, 1.82) is 0 Å². The molecule has 1 heterocycles. The van der Waals surface area contributed by atoms with Gasteiger partial charge in [0.15, 0.2) is 0 Å². The van der Waals surface area contributed by atoms with Gasteiger partial charge in [0.2, 0.25) is 5.95 Å². The minimum atomic E-state index is -1.06. The molecule has 126 valence electrons. The van der Waals surface area contributed by atoms with Crippen LogP contribution in [-0.2, 0) is 17.3 Å². The van der Waals surface area contributed by atoms with Gasteiger partial charge in [-0.2, -0.15) is 0 Å². The Hall–Kier alpha value is -2.18. The van der Waals surface area contributed by atoms with Crippen LogP contribution in [0.3, 0.4) is 0 Å². The van der Waals surface area contributed by atoms with Crippen molar-refractivity contribution >= 4 is 27.8 Å². The van der Waals surface area contributed by atoms with E-state index in [0.29, 0.717) is 24.8 Å². The number of fused-ring (bicyclic) bond motifs is 1. The number of benzene rings is 2. The van der Waals surface area contributed by atoms with E-state index < -0.39 is 16.9 Å². The molecule has 0 spiro atoms. The summed E-state index contributed by atoms with van der Waals surface area (Å²) in [6.45, 7) is 2.74. The summed E-state index contributed by atoms with van der Waals surface area (Å²) in [5, 5.41) is 12.7. The summed E-state index contributed by atoms with van der Waals surface area (Å²) >= 11 is 0. The molecule has 2 N–H and O–H groups in total. The van der Waals surface area contributed by atoms with Gasteiger partial charge in [-0.3, -0.25) is 4.21 Å². The first-order valence-corrected chi connectivity index (χ1v) is 9.27. The highest BCUT2D eigenvalue weighted by Gasteiger charge is 2.12. The van der Waals surface area contributed by atoms with Crippen molar-refractivity contribution in [3.05, 3.63) is 54.6 Å². The van der Waals surface area contributed by atoms with Crippen LogP contribution in [-0.4, -0.2) is 37.3 Å². The average molecular weight is 343 g/mol. The van der Waals surface area contributed by atoms with Gasteiger partial charge in [0.25, 0.3) is 0 Å². The molecule has 1 aromatic heterocycles. The number of aliphatic hydroxyl groups excluding tert-OH is 1. The summed E-state index contributed by atoms with van der Waals surface area (Å²) in [5.41, 5.74) is 1.88. The van der Waals surface area contributed by atoms with Crippen LogP contribution in [0.1, 0.15) is 6.92 Å². The van der Waals surface area contributed by atoms with Crippen molar-refractivity contribution in [3.8, 4) is 0 Å². The van der Waals surface area contributed by atoms with E-state index in [4.69, 9.17) is 0 Å². The van der Waals surface area contributed by atoms with Crippen LogP contribution in [0.5, 0.6) is 0 Å². The molecule has 0 radical (unpaired) electrons. The predicted molar refractivity (Wildman–Crippen MR) is 97.6 cm³/mol. The second-order valence-corrected chi connectivity index (χ2v) is 7.24. The first-order valence-electron chi connectivity index (χ1n) is 7.96. The van der Waals surface area contributed by atoms with Crippen molar-refractivity contribution in [2.24, 2.45) is 0 Å². The molecule has 24 heavy (non-hydrogen) atoms. The van der Waals surface area contributed by atoms with Crippen LogP contribution in [0.15, 0.2) is 59.5 Å². The largest absolute Gasteiger partial charge is 0.392 e. The smallest absolute Gasteiger partial charge is 0.204 e. The quantitative estimate of drug-likeness (QED) is 0.692. The van der Waals surface area contributed by atoms with Crippen LogP contribution in [0, 0.1) is 0 Å². The van der Waals surface area contributed by atoms with Gasteiger partial charge in [-0.25, -0.2) is 4.98 Å². The standard InChI is InChI=1S/C18H21N3O2S/c1-14(22)13-19-18-20-16-9-5-6-10-17(16)21(18)11-12-24(23)15-7-3-2-4-8-15/h2-10,14,22H,11-13H2,1H3,(H,19,20). The summed E-state index contributed by atoms with van der Waals surface area (Å²) in [4.78, 5) is 5.41. The molecule has 2 aromatic carbocycles. The Morgan fingerprint density at radius 2 is 1.88 bits per heavy atom. The summed E-state index contributed by atoms with van der Waals surface area (Å²) in [6, 6.07) is 17.3. The minimum Gasteiger partial charge on any atom is -0.392 e. The number of aliphatic hydroxyl groups is 1. The number of imidazole rings is 1. The van der Waals surface area contributed by atoms with Crippen molar-refractivity contribution in [3.63, 3.8) is 0 Å². The molecule has 0 bridgehead atoms. The molecule has 0 amide bonds. The monoisotopic (exact) mass is 343 g/mol. The third-order valence-electron chi connectivity index (χ3n) is 3.72. The number of rotatable bonds is 7. The van der Waals surface area contributed by atoms with Crippen LogP contribution >= 0.6 is 0 Å². The van der Waals surface area contributed by atoms with Crippen LogP contribution in [0.25, 0.3) is 11.0 Å². The zero-order chi connectivity index (χ0) is 16.9. The molecule has 2 unspecified atom stereocenters. The van der Waals surface area contributed by atoms with E-state index in [1.165, 1.54) is 0 Å². The van der Waals surface area contributed by atoms with Gasteiger partial charge < -0.3 is 15.0 Å². The number of hydrogen-bond acceptors (Lipinski definition) is 4. The maximum Gasteiger partial charge on any atom is 0.204 e. The topological polar surface area (TPSA) is 67.2 Å². The lowest BCUT2D eigenvalue weighted by Gasteiger charge is -2.12. The van der Waals surface area contributed by atoms with E-state index in [-0.39, 0.29) is 0 Å². The fourth-order valence-corrected chi connectivity index (χ4v) is 3.58.